The molecule has 2 rings (SSSR count). The number of carboxylic acids is 1. The van der Waals surface area contributed by atoms with Crippen molar-refractivity contribution < 1.29 is 18.5 Å². The Hall–Kier alpha value is -1.65. The van der Waals surface area contributed by atoms with Crippen LogP contribution in [0.3, 0.4) is 0 Å². The van der Waals surface area contributed by atoms with Gasteiger partial charge >= 0.3 is 101 Å². The molecule has 0 aliphatic carbocycles. The molecule has 0 spiro atoms. The second kappa shape index (κ2) is 4.69. The summed E-state index contributed by atoms with van der Waals surface area (Å²) in [4.78, 5) is 26.0. The van der Waals surface area contributed by atoms with Gasteiger partial charge in [0.1, 0.15) is 0 Å². The Morgan fingerprint density at radius 1 is 1.29 bits per heavy atom. The number of rotatable bonds is 4. The monoisotopic (exact) mass is 299 g/mol. The van der Waals surface area contributed by atoms with Gasteiger partial charge in [0.15, 0.2) is 0 Å². The van der Waals surface area contributed by atoms with E-state index in [1.54, 1.807) is 18.2 Å². The van der Waals surface area contributed by atoms with Crippen LogP contribution in [0.5, 0.6) is 0 Å². The van der Waals surface area contributed by atoms with E-state index in [1.807, 2.05) is 0 Å². The van der Waals surface area contributed by atoms with E-state index in [2.05, 4.69) is 4.99 Å². The zero-order chi connectivity index (χ0) is 12.4. The zero-order valence-corrected chi connectivity index (χ0v) is 10.5. The summed E-state index contributed by atoms with van der Waals surface area (Å²) in [5.74, 6) is -1.25. The van der Waals surface area contributed by atoms with Gasteiger partial charge in [0.25, 0.3) is 0 Å². The van der Waals surface area contributed by atoms with Crippen LogP contribution in [-0.2, 0) is 8.63 Å². The fourth-order valence-corrected chi connectivity index (χ4v) is 3.35. The third kappa shape index (κ3) is 2.54. The zero-order valence-electron chi connectivity index (χ0n) is 8.75. The number of hydrogen-bond acceptors (Lipinski definition) is 4. The molecule has 1 aliphatic rings. The molecular formula is C11H9NO4Se. The fourth-order valence-electron chi connectivity index (χ4n) is 1.48. The van der Waals surface area contributed by atoms with Crippen molar-refractivity contribution in [3.8, 4) is 0 Å². The van der Waals surface area contributed by atoms with Gasteiger partial charge in [-0.05, 0) is 0 Å². The first-order valence-corrected chi connectivity index (χ1v) is 7.46. The predicted molar refractivity (Wildman–Crippen MR) is 61.9 cm³/mol. The Morgan fingerprint density at radius 2 is 2.06 bits per heavy atom. The molecular weight excluding hydrogens is 289 g/mol. The van der Waals surface area contributed by atoms with E-state index in [-0.39, 0.29) is 18.6 Å². The summed E-state index contributed by atoms with van der Waals surface area (Å²) in [7, 11) is 0. The SMILES string of the molecule is O=C(O)CCC(=O)c1ccc2c(c1)[Se](=O)C=N2. The molecule has 5 nitrogen and oxygen atoms in total. The average Bonchev–Trinajstić information content (AvgIpc) is 2.67. The van der Waals surface area contributed by atoms with Gasteiger partial charge in [0, 0.05) is 0 Å². The van der Waals surface area contributed by atoms with Gasteiger partial charge in [0.2, 0.25) is 0 Å². The first-order chi connectivity index (χ1) is 8.08. The van der Waals surface area contributed by atoms with Crippen LogP contribution in [-0.4, -0.2) is 35.8 Å². The third-order valence-corrected chi connectivity index (χ3v) is 4.57. The number of carboxylic acid groups (broad SMARTS) is 1. The summed E-state index contributed by atoms with van der Waals surface area (Å²) in [5, 5.41) is 9.90. The number of carbonyl (C=O) groups excluding carboxylic acids is 1. The summed E-state index contributed by atoms with van der Waals surface area (Å²) in [6.07, 6.45) is -0.234. The number of fused-ring (bicyclic) bond motifs is 1. The molecule has 0 saturated heterocycles. The Morgan fingerprint density at radius 3 is 2.76 bits per heavy atom. The van der Waals surface area contributed by atoms with E-state index in [9.17, 15) is 13.4 Å². The van der Waals surface area contributed by atoms with Crippen LogP contribution < -0.4 is 4.46 Å². The number of aliphatic imine (C=N–C) groups is 1. The molecule has 0 saturated carbocycles. The Bertz CT molecular complexity index is 550. The molecule has 1 unspecified atom stereocenters. The summed E-state index contributed by atoms with van der Waals surface area (Å²) in [6.45, 7) is 0. The van der Waals surface area contributed by atoms with Gasteiger partial charge in [-0.15, -0.1) is 0 Å². The molecule has 0 bridgehead atoms. The molecule has 1 aliphatic heterocycles. The van der Waals surface area contributed by atoms with Crippen molar-refractivity contribution in [2.75, 3.05) is 0 Å². The number of carbonyl (C=O) groups is 2. The number of ketones is 1. The van der Waals surface area contributed by atoms with Crippen LogP contribution in [0, 0.1) is 0 Å². The molecule has 1 heterocycles. The predicted octanol–water partition coefficient (Wildman–Crippen LogP) is 0.618. The van der Waals surface area contributed by atoms with Crippen LogP contribution >= 0.6 is 0 Å². The maximum absolute atomic E-state index is 11.7. The van der Waals surface area contributed by atoms with E-state index in [1.165, 1.54) is 5.11 Å². The van der Waals surface area contributed by atoms with E-state index < -0.39 is 19.8 Å². The van der Waals surface area contributed by atoms with Crippen molar-refractivity contribution in [1.82, 2.24) is 0 Å². The molecule has 1 aromatic carbocycles. The third-order valence-electron chi connectivity index (χ3n) is 2.35. The molecule has 0 fully saturated rings. The molecule has 1 N–H and O–H groups in total. The molecule has 6 heteroatoms. The molecule has 0 aromatic heterocycles. The number of benzene rings is 1. The molecule has 88 valence electrons. The van der Waals surface area contributed by atoms with Gasteiger partial charge in [-0.25, -0.2) is 0 Å². The van der Waals surface area contributed by atoms with Gasteiger partial charge in [0.05, 0.1) is 0 Å². The van der Waals surface area contributed by atoms with Gasteiger partial charge < -0.3 is 0 Å². The molecule has 1 aromatic rings. The van der Waals surface area contributed by atoms with Gasteiger partial charge in [-0.1, -0.05) is 0 Å². The van der Waals surface area contributed by atoms with Gasteiger partial charge in [-0.3, -0.25) is 0 Å². The normalized spacial score (nSPS) is 16.8. The number of hydrogen-bond donors (Lipinski definition) is 1. The molecule has 0 amide bonds. The molecule has 1 atom stereocenters. The average molecular weight is 298 g/mol. The van der Waals surface area contributed by atoms with Crippen molar-refractivity contribution in [3.63, 3.8) is 0 Å². The summed E-state index contributed by atoms with van der Waals surface area (Å²) >= 11 is -2.23. The minimum atomic E-state index is -2.23. The standard InChI is InChI=1S/C11H9NO4Se/c13-9(3-4-11(14)15)7-1-2-8-10(5-7)17(16)6-12-8/h1-2,5-6H,3-4H2,(H,14,15). The Labute approximate surface area is 101 Å². The maximum atomic E-state index is 11.7. The second-order valence-electron chi connectivity index (χ2n) is 3.53. The van der Waals surface area contributed by atoms with Crippen LogP contribution in [0.1, 0.15) is 23.2 Å². The van der Waals surface area contributed by atoms with Crippen LogP contribution in [0.25, 0.3) is 0 Å². The van der Waals surface area contributed by atoms with Crippen molar-refractivity contribution in [1.29, 1.82) is 0 Å². The summed E-state index contributed by atoms with van der Waals surface area (Å²) in [6, 6.07) is 4.79. The quantitative estimate of drug-likeness (QED) is 0.652. The molecule has 17 heavy (non-hydrogen) atoms. The van der Waals surface area contributed by atoms with Crippen LogP contribution in [0.2, 0.25) is 0 Å². The van der Waals surface area contributed by atoms with Crippen molar-refractivity contribution in [3.05, 3.63) is 23.8 Å². The van der Waals surface area contributed by atoms with Crippen LogP contribution in [0.4, 0.5) is 5.69 Å². The summed E-state index contributed by atoms with van der Waals surface area (Å²) in [5.41, 5.74) is 1.04. The minimum absolute atomic E-state index is 0.0432. The topological polar surface area (TPSA) is 83.8 Å². The van der Waals surface area contributed by atoms with Gasteiger partial charge in [-0.2, -0.15) is 0 Å². The summed E-state index contributed by atoms with van der Waals surface area (Å²) < 4.78 is 12.2. The van der Waals surface area contributed by atoms with E-state index in [0.717, 1.165) is 0 Å². The van der Waals surface area contributed by atoms with E-state index in [0.29, 0.717) is 15.7 Å². The Kier molecular flexibility index (Phi) is 3.26. The van der Waals surface area contributed by atoms with E-state index in [4.69, 9.17) is 5.11 Å². The Balaban J connectivity index is 2.19. The first-order valence-electron chi connectivity index (χ1n) is 4.92. The fraction of sp³-hybridized carbons (Fsp3) is 0.182. The van der Waals surface area contributed by atoms with Crippen molar-refractivity contribution in [2.24, 2.45) is 4.99 Å². The number of nitrogens with zero attached hydrogens (tertiary/aromatic N) is 1. The van der Waals surface area contributed by atoms with Crippen LogP contribution in [0.15, 0.2) is 23.2 Å². The first kappa shape index (κ1) is 11.8. The molecule has 0 radical (unpaired) electrons. The number of Topliss-reactive ketones (excluding diaryl/α,β-unsaturated/α-hetero) is 1. The van der Waals surface area contributed by atoms with Crippen molar-refractivity contribution >= 4 is 40.8 Å². The second-order valence-corrected chi connectivity index (χ2v) is 6.14. The number of aliphatic carboxylic acids is 1. The van der Waals surface area contributed by atoms with Crippen molar-refractivity contribution in [2.45, 2.75) is 12.8 Å². The van der Waals surface area contributed by atoms with E-state index >= 15 is 0 Å².